The van der Waals surface area contributed by atoms with E-state index in [0.29, 0.717) is 17.2 Å². The molecule has 2 aromatic rings. The van der Waals surface area contributed by atoms with Gasteiger partial charge in [-0.1, -0.05) is 6.07 Å². The number of methoxy groups -OCH3 is 2. The number of halogens is 1. The van der Waals surface area contributed by atoms with Crippen molar-refractivity contribution in [1.82, 2.24) is 0 Å². The Labute approximate surface area is 120 Å². The maximum atomic E-state index is 13.6. The molecule has 2 aromatic carbocycles. The Balaban J connectivity index is 2.43. The average Bonchev–Trinajstić information content (AvgIpc) is 2.46. The van der Waals surface area contributed by atoms with Gasteiger partial charge < -0.3 is 14.8 Å². The lowest BCUT2D eigenvalue weighted by molar-refractivity contribution is -0.386. The van der Waals surface area contributed by atoms with Crippen LogP contribution >= 0.6 is 0 Å². The number of para-hydroxylation sites is 1. The molecule has 0 saturated heterocycles. The van der Waals surface area contributed by atoms with E-state index in [4.69, 9.17) is 9.47 Å². The van der Waals surface area contributed by atoms with E-state index in [9.17, 15) is 14.5 Å². The van der Waals surface area contributed by atoms with Crippen LogP contribution in [0.25, 0.3) is 0 Å². The summed E-state index contributed by atoms with van der Waals surface area (Å²) in [5.41, 5.74) is -0.0745. The maximum Gasteiger partial charge on any atom is 0.327 e. The monoisotopic (exact) mass is 292 g/mol. The second-order valence-corrected chi connectivity index (χ2v) is 4.12. The van der Waals surface area contributed by atoms with E-state index >= 15 is 0 Å². The van der Waals surface area contributed by atoms with Crippen LogP contribution in [0.15, 0.2) is 36.4 Å². The highest BCUT2D eigenvalue weighted by Gasteiger charge is 2.20. The van der Waals surface area contributed by atoms with Gasteiger partial charge in [0.15, 0.2) is 0 Å². The summed E-state index contributed by atoms with van der Waals surface area (Å²) in [4.78, 5) is 10.2. The highest BCUT2D eigenvalue weighted by Crippen LogP contribution is 2.33. The molecule has 0 aliphatic carbocycles. The van der Waals surface area contributed by atoms with Crippen LogP contribution in [-0.2, 0) is 0 Å². The minimum atomic E-state index is -0.903. The molecule has 1 N–H and O–H groups in total. The Bertz CT molecular complexity index is 654. The Morgan fingerprint density at radius 3 is 2.29 bits per heavy atom. The molecule has 0 fully saturated rings. The zero-order valence-electron chi connectivity index (χ0n) is 11.4. The smallest absolute Gasteiger partial charge is 0.327 e. The zero-order chi connectivity index (χ0) is 15.4. The number of hydrogen-bond acceptors (Lipinski definition) is 5. The van der Waals surface area contributed by atoms with Gasteiger partial charge in [0.25, 0.3) is 0 Å². The molecule has 21 heavy (non-hydrogen) atoms. The van der Waals surface area contributed by atoms with Crippen molar-refractivity contribution in [3.8, 4) is 11.5 Å². The molecule has 110 valence electrons. The van der Waals surface area contributed by atoms with Crippen LogP contribution in [0.2, 0.25) is 0 Å². The summed E-state index contributed by atoms with van der Waals surface area (Å²) < 4.78 is 23.8. The van der Waals surface area contributed by atoms with Crippen molar-refractivity contribution in [2.45, 2.75) is 0 Å². The number of nitrogens with zero attached hydrogens (tertiary/aromatic N) is 1. The third-order valence-electron chi connectivity index (χ3n) is 2.80. The van der Waals surface area contributed by atoms with Crippen LogP contribution in [0.3, 0.4) is 0 Å². The normalized spacial score (nSPS) is 10.0. The highest BCUT2D eigenvalue weighted by atomic mass is 19.1. The number of hydrogen-bond donors (Lipinski definition) is 1. The van der Waals surface area contributed by atoms with Crippen molar-refractivity contribution in [2.24, 2.45) is 0 Å². The molecule has 0 saturated carbocycles. The van der Waals surface area contributed by atoms with Gasteiger partial charge in [0.2, 0.25) is 5.82 Å². The SMILES string of the molecule is COc1cc(Nc2cccc(F)c2[N+](=O)[O-])cc(OC)c1. The molecule has 0 heterocycles. The number of anilines is 2. The molecule has 0 aliphatic rings. The first-order valence-corrected chi connectivity index (χ1v) is 5.98. The summed E-state index contributed by atoms with van der Waals surface area (Å²) in [6, 6.07) is 8.75. The van der Waals surface area contributed by atoms with E-state index in [1.165, 1.54) is 26.4 Å². The van der Waals surface area contributed by atoms with E-state index in [1.807, 2.05) is 0 Å². The molecule has 0 atom stereocenters. The highest BCUT2D eigenvalue weighted by molar-refractivity contribution is 5.71. The second-order valence-electron chi connectivity index (χ2n) is 4.12. The first-order chi connectivity index (χ1) is 10.0. The van der Waals surface area contributed by atoms with Gasteiger partial charge in [-0.25, -0.2) is 0 Å². The number of nitro benzene ring substituents is 1. The molecule has 0 radical (unpaired) electrons. The second kappa shape index (κ2) is 6.08. The Morgan fingerprint density at radius 2 is 1.76 bits per heavy atom. The van der Waals surface area contributed by atoms with E-state index < -0.39 is 16.4 Å². The molecular formula is C14H13FN2O4. The van der Waals surface area contributed by atoms with Crippen molar-refractivity contribution in [1.29, 1.82) is 0 Å². The Kier molecular flexibility index (Phi) is 4.22. The van der Waals surface area contributed by atoms with Crippen LogP contribution < -0.4 is 14.8 Å². The van der Waals surface area contributed by atoms with Crippen LogP contribution in [-0.4, -0.2) is 19.1 Å². The van der Waals surface area contributed by atoms with Crippen molar-refractivity contribution >= 4 is 17.1 Å². The first-order valence-electron chi connectivity index (χ1n) is 5.98. The third kappa shape index (κ3) is 3.19. The first kappa shape index (κ1) is 14.6. The minimum Gasteiger partial charge on any atom is -0.497 e. The van der Waals surface area contributed by atoms with Crippen molar-refractivity contribution in [2.75, 3.05) is 19.5 Å². The molecule has 0 aliphatic heterocycles. The Hall–Kier alpha value is -2.83. The number of rotatable bonds is 5. The summed E-state index contributed by atoms with van der Waals surface area (Å²) in [6.07, 6.45) is 0. The van der Waals surface area contributed by atoms with Crippen LogP contribution in [0.5, 0.6) is 11.5 Å². The minimum absolute atomic E-state index is 0.0512. The van der Waals surface area contributed by atoms with Gasteiger partial charge in [-0.05, 0) is 12.1 Å². The van der Waals surface area contributed by atoms with Crippen LogP contribution in [0.4, 0.5) is 21.5 Å². The average molecular weight is 292 g/mol. The quantitative estimate of drug-likeness (QED) is 0.674. The maximum absolute atomic E-state index is 13.6. The third-order valence-corrected chi connectivity index (χ3v) is 2.80. The van der Waals surface area contributed by atoms with Crippen molar-refractivity contribution in [3.63, 3.8) is 0 Å². The predicted molar refractivity (Wildman–Crippen MR) is 75.9 cm³/mol. The van der Waals surface area contributed by atoms with Gasteiger partial charge in [0.05, 0.1) is 19.1 Å². The van der Waals surface area contributed by atoms with Gasteiger partial charge in [0, 0.05) is 23.9 Å². The fourth-order valence-electron chi connectivity index (χ4n) is 1.84. The zero-order valence-corrected chi connectivity index (χ0v) is 11.4. The molecule has 0 unspecified atom stereocenters. The van der Waals surface area contributed by atoms with Gasteiger partial charge in [-0.3, -0.25) is 10.1 Å². The molecule has 6 nitrogen and oxygen atoms in total. The standard InChI is InChI=1S/C14H13FN2O4/c1-20-10-6-9(7-11(8-10)21-2)16-13-5-3-4-12(15)14(13)17(18)19/h3-8,16H,1-2H3. The summed E-state index contributed by atoms with van der Waals surface area (Å²) in [7, 11) is 2.98. The van der Waals surface area contributed by atoms with Crippen molar-refractivity contribution in [3.05, 3.63) is 52.3 Å². The van der Waals surface area contributed by atoms with E-state index in [2.05, 4.69) is 5.32 Å². The summed E-state index contributed by atoms with van der Waals surface area (Å²) in [5, 5.41) is 13.8. The lowest BCUT2D eigenvalue weighted by Gasteiger charge is -2.11. The predicted octanol–water partition coefficient (Wildman–Crippen LogP) is 3.49. The number of benzene rings is 2. The van der Waals surface area contributed by atoms with Gasteiger partial charge >= 0.3 is 5.69 Å². The van der Waals surface area contributed by atoms with Gasteiger partial charge in [0.1, 0.15) is 17.2 Å². The van der Waals surface area contributed by atoms with E-state index in [-0.39, 0.29) is 5.69 Å². The van der Waals surface area contributed by atoms with E-state index in [0.717, 1.165) is 6.07 Å². The van der Waals surface area contributed by atoms with Crippen LogP contribution in [0, 0.1) is 15.9 Å². The number of nitrogens with one attached hydrogen (secondary N) is 1. The molecule has 0 spiro atoms. The molecule has 2 rings (SSSR count). The molecule has 0 amide bonds. The Morgan fingerprint density at radius 1 is 1.14 bits per heavy atom. The fraction of sp³-hybridized carbons (Fsp3) is 0.143. The molecule has 7 heteroatoms. The summed E-state index contributed by atoms with van der Waals surface area (Å²) >= 11 is 0. The number of nitro groups is 1. The number of ether oxygens (including phenoxy) is 2. The molecule has 0 aromatic heterocycles. The largest absolute Gasteiger partial charge is 0.497 e. The fourth-order valence-corrected chi connectivity index (χ4v) is 1.84. The lowest BCUT2D eigenvalue weighted by atomic mass is 10.2. The van der Waals surface area contributed by atoms with E-state index in [1.54, 1.807) is 18.2 Å². The lowest BCUT2D eigenvalue weighted by Crippen LogP contribution is -2.00. The van der Waals surface area contributed by atoms with Crippen LogP contribution in [0.1, 0.15) is 0 Å². The molecule has 0 bridgehead atoms. The summed E-state index contributed by atoms with van der Waals surface area (Å²) in [6.45, 7) is 0. The van der Waals surface area contributed by atoms with Gasteiger partial charge in [-0.2, -0.15) is 4.39 Å². The van der Waals surface area contributed by atoms with Gasteiger partial charge in [-0.15, -0.1) is 0 Å². The molecular weight excluding hydrogens is 279 g/mol. The topological polar surface area (TPSA) is 73.6 Å². The van der Waals surface area contributed by atoms with Crippen molar-refractivity contribution < 1.29 is 18.8 Å². The summed E-state index contributed by atoms with van der Waals surface area (Å²) in [5.74, 6) is 0.117.